The van der Waals surface area contributed by atoms with Crippen molar-refractivity contribution in [1.82, 2.24) is 0 Å². The van der Waals surface area contributed by atoms with Gasteiger partial charge < -0.3 is 14.2 Å². The third-order valence-electron chi connectivity index (χ3n) is 4.32. The molecule has 0 amide bonds. The average molecular weight is 366 g/mol. The molecule has 1 aromatic carbocycles. The molecule has 27 heavy (non-hydrogen) atoms. The fourth-order valence-corrected chi connectivity index (χ4v) is 2.90. The summed E-state index contributed by atoms with van der Waals surface area (Å²) >= 11 is 0. The van der Waals surface area contributed by atoms with Crippen molar-refractivity contribution in [3.8, 4) is 17.6 Å². The van der Waals surface area contributed by atoms with Crippen LogP contribution in [0, 0.1) is 17.3 Å². The molecule has 0 bridgehead atoms. The highest BCUT2D eigenvalue weighted by Crippen LogP contribution is 2.44. The minimum Gasteiger partial charge on any atom is -0.497 e. The number of benzene rings is 1. The second-order valence-corrected chi connectivity index (χ2v) is 6.14. The van der Waals surface area contributed by atoms with Crippen molar-refractivity contribution in [2.75, 3.05) is 21.3 Å². The topological polar surface area (TPSA) is 61.8 Å². The fourth-order valence-electron chi connectivity index (χ4n) is 2.90. The van der Waals surface area contributed by atoms with Gasteiger partial charge in [-0.15, -0.1) is 0 Å². The van der Waals surface area contributed by atoms with Crippen LogP contribution in [0.5, 0.6) is 5.75 Å². The van der Waals surface area contributed by atoms with E-state index < -0.39 is 17.4 Å². The molecule has 0 spiro atoms. The number of esters is 2. The van der Waals surface area contributed by atoms with Gasteiger partial charge in [0.15, 0.2) is 5.41 Å². The number of hydrogen-bond acceptors (Lipinski definition) is 5. The Morgan fingerprint density at radius 3 is 2.19 bits per heavy atom. The van der Waals surface area contributed by atoms with Gasteiger partial charge in [0.2, 0.25) is 0 Å². The van der Waals surface area contributed by atoms with Gasteiger partial charge in [-0.1, -0.05) is 24.0 Å². The predicted octanol–water partition coefficient (Wildman–Crippen LogP) is 3.21. The third-order valence-corrected chi connectivity index (χ3v) is 4.32. The minimum absolute atomic E-state index is 0.117. The Kier molecular flexibility index (Phi) is 6.25. The molecule has 1 aliphatic rings. The molecule has 0 atom stereocenters. The molecule has 0 aromatic heterocycles. The van der Waals surface area contributed by atoms with E-state index in [0.717, 1.165) is 22.5 Å². The zero-order valence-corrected chi connectivity index (χ0v) is 15.9. The zero-order chi connectivity index (χ0) is 20.0. The van der Waals surface area contributed by atoms with E-state index in [4.69, 9.17) is 14.2 Å². The molecule has 0 fully saturated rings. The summed E-state index contributed by atoms with van der Waals surface area (Å²) in [6.45, 7) is 5.74. The highest BCUT2D eigenvalue weighted by Gasteiger charge is 2.51. The Morgan fingerprint density at radius 1 is 1.11 bits per heavy atom. The summed E-state index contributed by atoms with van der Waals surface area (Å²) in [5.74, 6) is 5.42. The van der Waals surface area contributed by atoms with Crippen LogP contribution in [0.25, 0.3) is 0 Å². The van der Waals surface area contributed by atoms with Crippen molar-refractivity contribution >= 4 is 11.9 Å². The van der Waals surface area contributed by atoms with Gasteiger partial charge >= 0.3 is 11.9 Å². The van der Waals surface area contributed by atoms with Gasteiger partial charge in [-0.3, -0.25) is 9.59 Å². The van der Waals surface area contributed by atoms with Gasteiger partial charge in [-0.25, -0.2) is 0 Å². The number of ether oxygens (including phenoxy) is 3. The van der Waals surface area contributed by atoms with Crippen molar-refractivity contribution in [3.63, 3.8) is 0 Å². The lowest BCUT2D eigenvalue weighted by Crippen LogP contribution is -2.38. The Labute approximate surface area is 159 Å². The summed E-state index contributed by atoms with van der Waals surface area (Å²) < 4.78 is 14.8. The van der Waals surface area contributed by atoms with Crippen molar-refractivity contribution < 1.29 is 23.8 Å². The second-order valence-electron chi connectivity index (χ2n) is 6.14. The first-order valence-electron chi connectivity index (χ1n) is 8.28. The standard InChI is InChI=1S/C22H22O5/c1-15(2)19-14-22(20(23)26-4,21(24)27-5)13-17(19)8-6-7-16-9-11-18(25-3)12-10-16/h8-12,14H,1,13H2,2-5H3/b17-8-. The van der Waals surface area contributed by atoms with Crippen LogP contribution in [0.15, 0.2) is 59.7 Å². The maximum Gasteiger partial charge on any atom is 0.327 e. The molecule has 1 aromatic rings. The quantitative estimate of drug-likeness (QED) is 0.465. The van der Waals surface area contributed by atoms with E-state index in [1.807, 2.05) is 24.3 Å². The number of methoxy groups -OCH3 is 3. The number of rotatable bonds is 4. The van der Waals surface area contributed by atoms with Crippen molar-refractivity contribution in [2.45, 2.75) is 13.3 Å². The molecule has 0 radical (unpaired) electrons. The van der Waals surface area contributed by atoms with Crippen LogP contribution in [0.2, 0.25) is 0 Å². The van der Waals surface area contributed by atoms with Crippen molar-refractivity contribution in [1.29, 1.82) is 0 Å². The molecule has 0 heterocycles. The number of allylic oxidation sites excluding steroid dienone is 4. The van der Waals surface area contributed by atoms with Crippen LogP contribution in [-0.4, -0.2) is 33.3 Å². The maximum absolute atomic E-state index is 12.3. The van der Waals surface area contributed by atoms with E-state index >= 15 is 0 Å². The van der Waals surface area contributed by atoms with E-state index in [2.05, 4.69) is 18.4 Å². The Bertz CT molecular complexity index is 860. The van der Waals surface area contributed by atoms with Crippen LogP contribution < -0.4 is 4.74 Å². The molecule has 140 valence electrons. The molecule has 0 aliphatic heterocycles. The third kappa shape index (κ3) is 4.12. The summed E-state index contributed by atoms with van der Waals surface area (Å²) in [6.07, 6.45) is 3.37. The Hall–Kier alpha value is -3.26. The lowest BCUT2D eigenvalue weighted by atomic mass is 9.86. The van der Waals surface area contributed by atoms with Crippen LogP contribution in [0.4, 0.5) is 0 Å². The summed E-state index contributed by atoms with van der Waals surface area (Å²) in [6, 6.07) is 7.35. The summed E-state index contributed by atoms with van der Waals surface area (Å²) in [4.78, 5) is 24.7. The average Bonchev–Trinajstić information content (AvgIpc) is 3.08. The molecule has 0 saturated carbocycles. The SMILES string of the molecule is C=C(C)C1=CC(C(=O)OC)(C(=O)OC)C/C1=C/C#Cc1ccc(OC)cc1. The summed E-state index contributed by atoms with van der Waals surface area (Å²) in [5, 5.41) is 0. The smallest absolute Gasteiger partial charge is 0.327 e. The van der Waals surface area contributed by atoms with Gasteiger partial charge in [0.05, 0.1) is 21.3 Å². The molecular formula is C22H22O5. The number of carbonyl (C=O) groups excluding carboxylic acids is 2. The first kappa shape index (κ1) is 20.1. The van der Waals surface area contributed by atoms with Crippen LogP contribution >= 0.6 is 0 Å². The number of hydrogen-bond donors (Lipinski definition) is 0. The lowest BCUT2D eigenvalue weighted by molar-refractivity contribution is -0.164. The van der Waals surface area contributed by atoms with E-state index in [9.17, 15) is 9.59 Å². The van der Waals surface area contributed by atoms with Gasteiger partial charge in [0.1, 0.15) is 5.75 Å². The Balaban J connectivity index is 2.39. The van der Waals surface area contributed by atoms with E-state index in [1.54, 1.807) is 26.2 Å². The first-order valence-corrected chi connectivity index (χ1v) is 8.28. The predicted molar refractivity (Wildman–Crippen MR) is 102 cm³/mol. The van der Waals surface area contributed by atoms with Crippen LogP contribution in [-0.2, 0) is 19.1 Å². The molecule has 0 unspecified atom stereocenters. The maximum atomic E-state index is 12.3. The Morgan fingerprint density at radius 2 is 1.70 bits per heavy atom. The monoisotopic (exact) mass is 366 g/mol. The normalized spacial score (nSPS) is 16.0. The summed E-state index contributed by atoms with van der Waals surface area (Å²) in [7, 11) is 4.09. The van der Waals surface area contributed by atoms with E-state index in [0.29, 0.717) is 5.57 Å². The van der Waals surface area contributed by atoms with Gasteiger partial charge in [-0.2, -0.15) is 0 Å². The van der Waals surface area contributed by atoms with Crippen LogP contribution in [0.3, 0.4) is 0 Å². The minimum atomic E-state index is -1.51. The largest absolute Gasteiger partial charge is 0.497 e. The molecular weight excluding hydrogens is 344 g/mol. The van der Waals surface area contributed by atoms with Crippen molar-refractivity contribution in [2.24, 2.45) is 5.41 Å². The van der Waals surface area contributed by atoms with Crippen LogP contribution in [0.1, 0.15) is 18.9 Å². The molecule has 5 heteroatoms. The van der Waals surface area contributed by atoms with Gasteiger partial charge in [-0.05, 0) is 54.5 Å². The fraction of sp³-hybridized carbons (Fsp3) is 0.273. The summed E-state index contributed by atoms with van der Waals surface area (Å²) in [5.41, 5.74) is 1.47. The molecule has 0 N–H and O–H groups in total. The highest BCUT2D eigenvalue weighted by atomic mass is 16.5. The molecule has 0 saturated heterocycles. The lowest BCUT2D eigenvalue weighted by Gasteiger charge is -2.20. The van der Waals surface area contributed by atoms with Gasteiger partial charge in [0.25, 0.3) is 0 Å². The van der Waals surface area contributed by atoms with E-state index in [-0.39, 0.29) is 6.42 Å². The highest BCUT2D eigenvalue weighted by molar-refractivity contribution is 6.04. The van der Waals surface area contributed by atoms with Crippen molar-refractivity contribution in [3.05, 3.63) is 65.3 Å². The second kappa shape index (κ2) is 8.41. The molecule has 5 nitrogen and oxygen atoms in total. The van der Waals surface area contributed by atoms with E-state index in [1.165, 1.54) is 14.2 Å². The molecule has 2 rings (SSSR count). The van der Waals surface area contributed by atoms with Gasteiger partial charge in [0, 0.05) is 12.0 Å². The molecule has 1 aliphatic carbocycles. The first-order chi connectivity index (χ1) is 12.9. The number of carbonyl (C=O) groups is 2. The zero-order valence-electron chi connectivity index (χ0n) is 15.9.